The van der Waals surface area contributed by atoms with Crippen LogP contribution in [0, 0.1) is 25.7 Å². The van der Waals surface area contributed by atoms with Gasteiger partial charge < -0.3 is 9.47 Å². The average molecular weight is 831 g/mol. The minimum atomic E-state index is -3.86. The van der Waals surface area contributed by atoms with Crippen LogP contribution in [0.4, 0.5) is 0 Å². The number of sulfonamides is 2. The van der Waals surface area contributed by atoms with Crippen LogP contribution in [0.2, 0.25) is 0 Å². The molecule has 0 bridgehead atoms. The van der Waals surface area contributed by atoms with Gasteiger partial charge in [-0.3, -0.25) is 0 Å². The van der Waals surface area contributed by atoms with E-state index in [1.165, 1.54) is 33.4 Å². The summed E-state index contributed by atoms with van der Waals surface area (Å²) in [4.78, 5) is 0.397. The normalized spacial score (nSPS) is 27.3. The minimum absolute atomic E-state index is 0.199. The molecule has 300 valence electrons. The predicted octanol–water partition coefficient (Wildman–Crippen LogP) is 9.04. The van der Waals surface area contributed by atoms with Gasteiger partial charge in [-0.05, 0) is 107 Å². The first-order valence-electron chi connectivity index (χ1n) is 20.5. The summed E-state index contributed by atoms with van der Waals surface area (Å²) in [7, 11) is -7.71. The van der Waals surface area contributed by atoms with Crippen molar-refractivity contribution in [2.75, 3.05) is 0 Å². The lowest BCUT2D eigenvalue weighted by Crippen LogP contribution is -2.35. The maximum atomic E-state index is 13.1. The Morgan fingerprint density at radius 1 is 0.467 bits per heavy atom. The van der Waals surface area contributed by atoms with Crippen LogP contribution in [0.15, 0.2) is 164 Å². The van der Waals surface area contributed by atoms with Crippen LogP contribution in [0.1, 0.15) is 67.5 Å². The fourth-order valence-electron chi connectivity index (χ4n) is 11.0. The average Bonchev–Trinajstić information content (AvgIpc) is 3.92. The van der Waals surface area contributed by atoms with Crippen LogP contribution in [0.25, 0.3) is 0 Å². The van der Waals surface area contributed by atoms with E-state index in [1.807, 2.05) is 38.1 Å². The highest BCUT2D eigenvalue weighted by molar-refractivity contribution is 7.90. The van der Waals surface area contributed by atoms with E-state index in [4.69, 9.17) is 9.47 Å². The second-order valence-electron chi connectivity index (χ2n) is 17.0. The number of fused-ring (bicyclic) bond motifs is 14. The Balaban J connectivity index is 0.000000136. The van der Waals surface area contributed by atoms with Gasteiger partial charge in [-0.25, -0.2) is 0 Å². The molecule has 6 aromatic carbocycles. The lowest BCUT2D eigenvalue weighted by molar-refractivity contribution is 0.255. The molecule has 0 unspecified atom stereocenters. The van der Waals surface area contributed by atoms with Gasteiger partial charge in [0.25, 0.3) is 20.0 Å². The number of benzene rings is 6. The van der Waals surface area contributed by atoms with Gasteiger partial charge in [0.05, 0.1) is 20.6 Å². The van der Waals surface area contributed by atoms with Crippen LogP contribution in [0.5, 0.6) is 0 Å². The molecule has 0 saturated heterocycles. The third-order valence-corrected chi connectivity index (χ3v) is 16.4. The quantitative estimate of drug-likeness (QED) is 0.175. The first-order chi connectivity index (χ1) is 29.0. The molecule has 6 aromatic rings. The molecule has 2 spiro atoms. The Hall–Kier alpha value is -5.84. The van der Waals surface area contributed by atoms with Crippen molar-refractivity contribution >= 4 is 31.8 Å². The molecule has 2 saturated carbocycles. The largest absolute Gasteiger partial charge is 0.475 e. The molecule has 2 heterocycles. The van der Waals surface area contributed by atoms with Crippen molar-refractivity contribution in [1.29, 1.82) is 0 Å². The van der Waals surface area contributed by atoms with Gasteiger partial charge in [-0.2, -0.15) is 16.8 Å². The fraction of sp³-hybridized carbons (Fsp3) is 0.240. The molecule has 60 heavy (non-hydrogen) atoms. The summed E-state index contributed by atoms with van der Waals surface area (Å²) < 4.78 is 73.3. The zero-order chi connectivity index (χ0) is 41.0. The van der Waals surface area contributed by atoms with E-state index in [0.29, 0.717) is 25.0 Å². The van der Waals surface area contributed by atoms with Gasteiger partial charge in [0.15, 0.2) is 0 Å². The molecule has 0 N–H and O–H groups in total. The molecule has 6 aliphatic rings. The number of aryl methyl sites for hydroxylation is 2. The molecule has 12 rings (SSSR count). The Kier molecular flexibility index (Phi) is 8.26. The fourth-order valence-corrected chi connectivity index (χ4v) is 13.1. The standard InChI is InChI=1S/2C25H21NO3S/c2*1-16-10-12-19(13-11-16)30(27,28)26-24-25(21-9-5-3-7-18(21)15-29-24)22-14-17-6-2-4-8-20(17)23(22)25/h2*2-13,22-23H,14-15H2,1H3/b2*26-24-/t2*22-,23+,25+/m11/s1. The van der Waals surface area contributed by atoms with Crippen LogP contribution in [0.3, 0.4) is 0 Å². The van der Waals surface area contributed by atoms with Crippen LogP contribution < -0.4 is 0 Å². The molecule has 8 nitrogen and oxygen atoms in total. The number of rotatable bonds is 4. The smallest absolute Gasteiger partial charge is 0.285 e. The third-order valence-electron chi connectivity index (χ3n) is 13.8. The topological polar surface area (TPSA) is 111 Å². The molecule has 4 aliphatic carbocycles. The Morgan fingerprint density at radius 2 is 0.817 bits per heavy atom. The van der Waals surface area contributed by atoms with E-state index in [1.54, 1.807) is 48.5 Å². The summed E-state index contributed by atoms with van der Waals surface area (Å²) in [6, 6.07) is 47.0. The molecule has 0 amide bonds. The maximum Gasteiger partial charge on any atom is 0.285 e. The summed E-state index contributed by atoms with van der Waals surface area (Å²) in [5.74, 6) is 1.69. The zero-order valence-electron chi connectivity index (χ0n) is 33.2. The van der Waals surface area contributed by atoms with E-state index >= 15 is 0 Å². The lowest BCUT2D eigenvalue weighted by Gasteiger charge is -2.31. The minimum Gasteiger partial charge on any atom is -0.475 e. The first kappa shape index (κ1) is 37.2. The summed E-state index contributed by atoms with van der Waals surface area (Å²) in [6.07, 6.45) is 1.84. The molecule has 10 heteroatoms. The molecule has 0 aromatic heterocycles. The van der Waals surface area contributed by atoms with E-state index in [9.17, 15) is 16.8 Å². The Morgan fingerprint density at radius 3 is 1.22 bits per heavy atom. The monoisotopic (exact) mass is 830 g/mol. The summed E-state index contributed by atoms with van der Waals surface area (Å²) >= 11 is 0. The van der Waals surface area contributed by atoms with Gasteiger partial charge in [-0.1, -0.05) is 132 Å². The SMILES string of the molecule is Cc1ccc(S(=O)(=O)/N=C2\OCc3ccccc3[C@@]23[C@@H]2Cc4ccccc4[C@@H]23)cc1.Cc1ccc(S(=O)(=O)/N=C2\OCc3ccccc3[C@@]23[C@@H]2Cc4ccccc4[C@@H]23)cc1. The maximum absolute atomic E-state index is 13.1. The first-order valence-corrected chi connectivity index (χ1v) is 23.3. The van der Waals surface area contributed by atoms with Gasteiger partial charge in [-0.15, -0.1) is 8.80 Å². The molecular weight excluding hydrogens is 789 g/mol. The highest BCUT2D eigenvalue weighted by Gasteiger charge is 2.75. The Labute approximate surface area is 350 Å². The lowest BCUT2D eigenvalue weighted by atomic mass is 9.81. The molecule has 6 atom stereocenters. The van der Waals surface area contributed by atoms with Gasteiger partial charge in [0, 0.05) is 11.8 Å². The van der Waals surface area contributed by atoms with E-state index in [0.717, 1.165) is 35.1 Å². The Bertz CT molecular complexity index is 2830. The molecule has 2 aliphatic heterocycles. The van der Waals surface area contributed by atoms with Crippen molar-refractivity contribution in [3.8, 4) is 0 Å². The number of hydrogen-bond donors (Lipinski definition) is 0. The van der Waals surface area contributed by atoms with E-state index in [-0.39, 0.29) is 33.5 Å². The second-order valence-corrected chi connectivity index (χ2v) is 20.2. The number of ether oxygens (including phenoxy) is 2. The van der Waals surface area contributed by atoms with Crippen LogP contribution >= 0.6 is 0 Å². The number of nitrogens with zero attached hydrogens (tertiary/aromatic N) is 2. The number of hydrogen-bond acceptors (Lipinski definition) is 6. The van der Waals surface area contributed by atoms with Crippen molar-refractivity contribution in [2.24, 2.45) is 20.6 Å². The van der Waals surface area contributed by atoms with Gasteiger partial charge >= 0.3 is 0 Å². The molecule has 2 fully saturated rings. The summed E-state index contributed by atoms with van der Waals surface area (Å²) in [5.41, 5.74) is 10.9. The summed E-state index contributed by atoms with van der Waals surface area (Å²) in [5, 5.41) is 0. The van der Waals surface area contributed by atoms with Crippen molar-refractivity contribution in [3.05, 3.63) is 201 Å². The second kappa shape index (κ2) is 13.3. The molecule has 0 radical (unpaired) electrons. The highest BCUT2D eigenvalue weighted by atomic mass is 32.2. The van der Waals surface area contributed by atoms with Gasteiger partial charge in [0.2, 0.25) is 11.8 Å². The van der Waals surface area contributed by atoms with Crippen molar-refractivity contribution in [3.63, 3.8) is 0 Å². The van der Waals surface area contributed by atoms with E-state index in [2.05, 4.69) is 81.6 Å². The van der Waals surface area contributed by atoms with Crippen molar-refractivity contribution < 1.29 is 26.3 Å². The third kappa shape index (κ3) is 5.46. The predicted molar refractivity (Wildman–Crippen MR) is 230 cm³/mol. The van der Waals surface area contributed by atoms with Crippen molar-refractivity contribution in [1.82, 2.24) is 0 Å². The zero-order valence-corrected chi connectivity index (χ0v) is 34.8. The van der Waals surface area contributed by atoms with Crippen LogP contribution in [-0.2, 0) is 66.4 Å². The molecular formula is C50H42N2O6S2. The van der Waals surface area contributed by atoms with Crippen LogP contribution in [-0.4, -0.2) is 28.6 Å². The van der Waals surface area contributed by atoms with E-state index < -0.39 is 30.9 Å². The van der Waals surface area contributed by atoms with Gasteiger partial charge in [0.1, 0.15) is 13.2 Å². The van der Waals surface area contributed by atoms with Crippen molar-refractivity contribution in [2.45, 2.75) is 72.4 Å². The summed E-state index contributed by atoms with van der Waals surface area (Å²) in [6.45, 7) is 4.56. The highest BCUT2D eigenvalue weighted by Crippen LogP contribution is 2.74.